The monoisotopic (exact) mass is 328 g/mol. The predicted molar refractivity (Wildman–Crippen MR) is 84.2 cm³/mol. The molecule has 1 aromatic rings. The van der Waals surface area contributed by atoms with E-state index in [2.05, 4.69) is 15.3 Å². The predicted octanol–water partition coefficient (Wildman–Crippen LogP) is 1.47. The summed E-state index contributed by atoms with van der Waals surface area (Å²) in [6.07, 6.45) is 6.29. The van der Waals surface area contributed by atoms with Crippen LogP contribution in [-0.4, -0.2) is 53.4 Å². The normalized spacial score (nSPS) is 20.6. The van der Waals surface area contributed by atoms with E-state index in [0.717, 1.165) is 25.1 Å². The number of piperidine rings is 1. The average Bonchev–Trinajstić information content (AvgIpc) is 3.00. The first kappa shape index (κ1) is 16.8. The zero-order valence-corrected chi connectivity index (χ0v) is 13.9. The number of urea groups is 1. The van der Waals surface area contributed by atoms with Crippen LogP contribution in [0.2, 0.25) is 0 Å². The van der Waals surface area contributed by atoms with Gasteiger partial charge in [-0.2, -0.15) is 0 Å². The Kier molecular flexibility index (Phi) is 5.44. The van der Waals surface area contributed by atoms with Crippen LogP contribution in [0.25, 0.3) is 0 Å². The number of hydrogen-bond donors (Lipinski definition) is 2. The Morgan fingerprint density at radius 3 is 2.95 bits per heavy atom. The molecular weight excluding hydrogens is 304 g/mol. The van der Waals surface area contributed by atoms with Crippen LogP contribution in [0, 0.1) is 0 Å². The molecule has 0 spiro atoms. The van der Waals surface area contributed by atoms with Crippen molar-refractivity contribution in [1.82, 2.24) is 20.2 Å². The van der Waals surface area contributed by atoms with E-state index in [1.807, 2.05) is 0 Å². The van der Waals surface area contributed by atoms with Crippen LogP contribution in [0.3, 0.4) is 0 Å². The van der Waals surface area contributed by atoms with Crippen molar-refractivity contribution in [1.29, 1.82) is 0 Å². The lowest BCUT2D eigenvalue weighted by Crippen LogP contribution is -2.49. The largest absolute Gasteiger partial charge is 0.347 e. The number of imidazole rings is 1. The van der Waals surface area contributed by atoms with Crippen LogP contribution in [0.1, 0.15) is 45.0 Å². The Balaban J connectivity index is 2.00. The minimum Gasteiger partial charge on any atom is -0.347 e. The second-order valence-electron chi connectivity index (χ2n) is 5.73. The van der Waals surface area contributed by atoms with Crippen molar-refractivity contribution in [2.24, 2.45) is 0 Å². The van der Waals surface area contributed by atoms with Gasteiger partial charge in [0.05, 0.1) is 11.8 Å². The van der Waals surface area contributed by atoms with Gasteiger partial charge in [-0.15, -0.1) is 0 Å². The van der Waals surface area contributed by atoms with Gasteiger partial charge in [0.2, 0.25) is 0 Å². The smallest absolute Gasteiger partial charge is 0.318 e. The van der Waals surface area contributed by atoms with E-state index in [0.29, 0.717) is 6.54 Å². The van der Waals surface area contributed by atoms with E-state index in [4.69, 9.17) is 0 Å². The minimum atomic E-state index is -3.10. The zero-order chi connectivity index (χ0) is 16.2. The third kappa shape index (κ3) is 4.22. The summed E-state index contributed by atoms with van der Waals surface area (Å²) in [4.78, 5) is 21.5. The number of rotatable bonds is 5. The number of carbonyl (C=O) groups is 1. The van der Waals surface area contributed by atoms with Crippen LogP contribution < -0.4 is 5.32 Å². The van der Waals surface area contributed by atoms with Crippen LogP contribution in [0.4, 0.5) is 4.79 Å². The zero-order valence-electron chi connectivity index (χ0n) is 13.1. The van der Waals surface area contributed by atoms with Gasteiger partial charge in [-0.1, -0.05) is 6.92 Å². The van der Waals surface area contributed by atoms with Gasteiger partial charge < -0.3 is 15.2 Å². The molecule has 2 atom stereocenters. The van der Waals surface area contributed by atoms with E-state index < -0.39 is 15.9 Å². The molecule has 1 fully saturated rings. The van der Waals surface area contributed by atoms with Gasteiger partial charge in [-0.3, -0.25) is 0 Å². The minimum absolute atomic E-state index is 0.0332. The number of nitrogens with zero attached hydrogens (tertiary/aromatic N) is 2. The van der Waals surface area contributed by atoms with Crippen LogP contribution in [-0.2, 0) is 9.84 Å². The molecule has 2 rings (SSSR count). The highest BCUT2D eigenvalue weighted by Gasteiger charge is 2.30. The Morgan fingerprint density at radius 2 is 2.32 bits per heavy atom. The van der Waals surface area contributed by atoms with Crippen molar-refractivity contribution in [2.75, 3.05) is 18.1 Å². The molecule has 0 aromatic carbocycles. The fourth-order valence-electron chi connectivity index (χ4n) is 2.75. The Hall–Kier alpha value is -1.57. The van der Waals surface area contributed by atoms with E-state index in [-0.39, 0.29) is 23.6 Å². The lowest BCUT2D eigenvalue weighted by Gasteiger charge is -2.35. The van der Waals surface area contributed by atoms with Crippen molar-refractivity contribution < 1.29 is 13.2 Å². The number of carbonyl (C=O) groups excluding carboxylic acids is 1. The lowest BCUT2D eigenvalue weighted by atomic mass is 10.0. The average molecular weight is 328 g/mol. The van der Waals surface area contributed by atoms with Gasteiger partial charge in [-0.25, -0.2) is 18.2 Å². The van der Waals surface area contributed by atoms with E-state index in [9.17, 15) is 13.2 Å². The highest BCUT2D eigenvalue weighted by Crippen LogP contribution is 2.28. The number of likely N-dealkylation sites (tertiary alicyclic amines) is 1. The van der Waals surface area contributed by atoms with E-state index in [1.165, 1.54) is 0 Å². The summed E-state index contributed by atoms with van der Waals surface area (Å²) in [5.74, 6) is 0.837. The molecular formula is C14H24N4O3S. The van der Waals surface area contributed by atoms with E-state index >= 15 is 0 Å². The molecule has 0 unspecified atom stereocenters. The quantitative estimate of drug-likeness (QED) is 0.855. The summed E-state index contributed by atoms with van der Waals surface area (Å²) >= 11 is 0. The SMILES string of the molecule is CCS(=O)(=O)C[C@H](C)NC(=O)N1CCCC[C@H]1c1ncc[nH]1. The highest BCUT2D eigenvalue weighted by atomic mass is 32.2. The highest BCUT2D eigenvalue weighted by molar-refractivity contribution is 7.91. The van der Waals surface area contributed by atoms with Crippen molar-refractivity contribution in [3.63, 3.8) is 0 Å². The summed E-state index contributed by atoms with van der Waals surface area (Å²) in [6.45, 7) is 3.99. The molecule has 2 heterocycles. The summed E-state index contributed by atoms with van der Waals surface area (Å²) < 4.78 is 23.3. The first-order valence-corrected chi connectivity index (χ1v) is 9.52. The number of aromatic nitrogens is 2. The molecule has 1 aliphatic rings. The van der Waals surface area contributed by atoms with Gasteiger partial charge in [0.1, 0.15) is 5.82 Å². The molecule has 2 N–H and O–H groups in total. The summed E-state index contributed by atoms with van der Waals surface area (Å²) in [6, 6.07) is -0.699. The topological polar surface area (TPSA) is 95.2 Å². The molecule has 2 amide bonds. The molecule has 8 heteroatoms. The van der Waals surface area contributed by atoms with Crippen molar-refractivity contribution in [3.05, 3.63) is 18.2 Å². The molecule has 124 valence electrons. The van der Waals surface area contributed by atoms with Gasteiger partial charge in [0.15, 0.2) is 9.84 Å². The number of nitrogens with one attached hydrogen (secondary N) is 2. The maximum atomic E-state index is 12.5. The number of sulfone groups is 1. The maximum absolute atomic E-state index is 12.5. The van der Waals surface area contributed by atoms with Crippen molar-refractivity contribution in [3.8, 4) is 0 Å². The number of H-pyrrole nitrogens is 1. The van der Waals surface area contributed by atoms with Gasteiger partial charge in [-0.05, 0) is 26.2 Å². The summed E-state index contributed by atoms with van der Waals surface area (Å²) in [5, 5.41) is 2.80. The van der Waals surface area contributed by atoms with Crippen molar-refractivity contribution in [2.45, 2.75) is 45.2 Å². The molecule has 1 aromatic heterocycles. The molecule has 0 bridgehead atoms. The van der Waals surface area contributed by atoms with Crippen LogP contribution in [0.15, 0.2) is 12.4 Å². The molecule has 1 aliphatic heterocycles. The summed E-state index contributed by atoms with van der Waals surface area (Å²) in [7, 11) is -3.10. The molecule has 0 saturated carbocycles. The Morgan fingerprint density at radius 1 is 1.55 bits per heavy atom. The third-order valence-corrected chi connectivity index (χ3v) is 5.80. The van der Waals surface area contributed by atoms with Crippen LogP contribution >= 0.6 is 0 Å². The first-order chi connectivity index (χ1) is 10.4. The Bertz CT molecular complexity index is 585. The molecule has 0 aliphatic carbocycles. The Labute approximate surface area is 131 Å². The molecule has 22 heavy (non-hydrogen) atoms. The first-order valence-electron chi connectivity index (χ1n) is 7.69. The number of hydrogen-bond acceptors (Lipinski definition) is 4. The third-order valence-electron chi connectivity index (χ3n) is 3.91. The molecule has 7 nitrogen and oxygen atoms in total. The van der Waals surface area contributed by atoms with E-state index in [1.54, 1.807) is 31.1 Å². The second-order valence-corrected chi connectivity index (χ2v) is 8.13. The maximum Gasteiger partial charge on any atom is 0.318 e. The second kappa shape index (κ2) is 7.13. The number of aromatic amines is 1. The van der Waals surface area contributed by atoms with Gasteiger partial charge >= 0.3 is 6.03 Å². The molecule has 1 saturated heterocycles. The van der Waals surface area contributed by atoms with Gasteiger partial charge in [0.25, 0.3) is 0 Å². The fraction of sp³-hybridized carbons (Fsp3) is 0.714. The van der Waals surface area contributed by atoms with Crippen LogP contribution in [0.5, 0.6) is 0 Å². The standard InChI is InChI=1S/C14H24N4O3S/c1-3-22(20,21)10-11(2)17-14(19)18-9-5-4-6-12(18)13-15-7-8-16-13/h7-8,11-12H,3-6,9-10H2,1-2H3,(H,15,16)(H,17,19)/t11-,12-/m0/s1. The number of amides is 2. The summed E-state index contributed by atoms with van der Waals surface area (Å²) in [5.41, 5.74) is 0. The lowest BCUT2D eigenvalue weighted by molar-refractivity contribution is 0.146. The molecule has 0 radical (unpaired) electrons. The van der Waals surface area contributed by atoms with Crippen molar-refractivity contribution >= 4 is 15.9 Å². The fourth-order valence-corrected chi connectivity index (χ4v) is 3.83. The van der Waals surface area contributed by atoms with Gasteiger partial charge in [0, 0.05) is 30.7 Å².